The van der Waals surface area contributed by atoms with Gasteiger partial charge in [0.2, 0.25) is 0 Å². The number of benzene rings is 5. The van der Waals surface area contributed by atoms with E-state index in [0.29, 0.717) is 27.8 Å². The summed E-state index contributed by atoms with van der Waals surface area (Å²) in [6.45, 7) is 0. The number of aromatic hydroxyl groups is 2. The van der Waals surface area contributed by atoms with Gasteiger partial charge in [0.15, 0.2) is 0 Å². The Morgan fingerprint density at radius 3 is 2.18 bits per heavy atom. The lowest BCUT2D eigenvalue weighted by Crippen LogP contribution is -2.15. The van der Waals surface area contributed by atoms with Gasteiger partial charge >= 0.3 is 0 Å². The molecule has 0 saturated heterocycles. The van der Waals surface area contributed by atoms with E-state index in [1.807, 2.05) is 12.1 Å². The van der Waals surface area contributed by atoms with Crippen molar-refractivity contribution in [3.05, 3.63) is 96.6 Å². The van der Waals surface area contributed by atoms with Crippen LogP contribution in [0.5, 0.6) is 11.5 Å². The van der Waals surface area contributed by atoms with Crippen LogP contribution in [0.15, 0.2) is 89.8 Å². The van der Waals surface area contributed by atoms with Gasteiger partial charge in [0.1, 0.15) is 28.0 Å². The number of phenols is 2. The smallest absolute Gasteiger partial charge is 0.264 e. The van der Waals surface area contributed by atoms with E-state index in [2.05, 4.69) is 4.72 Å². The highest BCUT2D eigenvalue weighted by atomic mass is 32.2. The van der Waals surface area contributed by atoms with Crippen molar-refractivity contribution in [2.24, 2.45) is 0 Å². The third kappa shape index (κ3) is 3.58. The highest BCUT2D eigenvalue weighted by Crippen LogP contribution is 2.46. The molecule has 5 aromatic rings. The van der Waals surface area contributed by atoms with E-state index in [0.717, 1.165) is 17.5 Å². The van der Waals surface area contributed by atoms with Gasteiger partial charge in [-0.05, 0) is 41.1 Å². The Bertz CT molecular complexity index is 1700. The van der Waals surface area contributed by atoms with Crippen LogP contribution in [0.1, 0.15) is 0 Å². The number of anilines is 1. The van der Waals surface area contributed by atoms with Crippen molar-refractivity contribution < 1.29 is 27.4 Å². The summed E-state index contributed by atoms with van der Waals surface area (Å²) in [6, 6.07) is 20.4. The van der Waals surface area contributed by atoms with Gasteiger partial charge < -0.3 is 10.2 Å². The van der Waals surface area contributed by atoms with Crippen LogP contribution in [0, 0.1) is 11.6 Å². The van der Waals surface area contributed by atoms with Gasteiger partial charge in [-0.3, -0.25) is 4.72 Å². The average molecular weight is 477 g/mol. The van der Waals surface area contributed by atoms with Crippen LogP contribution >= 0.6 is 0 Å². The second kappa shape index (κ2) is 8.00. The molecule has 0 aliphatic rings. The molecular formula is C26H17F2NO4S. The number of fused-ring (bicyclic) bond motifs is 2. The summed E-state index contributed by atoms with van der Waals surface area (Å²) in [6.07, 6.45) is 0. The minimum atomic E-state index is -4.53. The molecule has 0 unspecified atom stereocenters. The second-order valence-electron chi connectivity index (χ2n) is 7.73. The Labute approximate surface area is 193 Å². The number of halogens is 2. The van der Waals surface area contributed by atoms with Crippen molar-refractivity contribution in [1.29, 1.82) is 0 Å². The second-order valence-corrected chi connectivity index (χ2v) is 9.38. The van der Waals surface area contributed by atoms with Crippen molar-refractivity contribution in [1.82, 2.24) is 0 Å². The molecule has 0 spiro atoms. The van der Waals surface area contributed by atoms with E-state index in [-0.39, 0.29) is 22.7 Å². The summed E-state index contributed by atoms with van der Waals surface area (Å²) in [7, 11) is -4.53. The maximum Gasteiger partial charge on any atom is 0.264 e. The highest BCUT2D eigenvalue weighted by Gasteiger charge is 2.24. The van der Waals surface area contributed by atoms with Crippen LogP contribution in [0.3, 0.4) is 0 Å². The van der Waals surface area contributed by atoms with Gasteiger partial charge in [0, 0.05) is 21.9 Å². The average Bonchev–Trinajstić information content (AvgIpc) is 2.82. The van der Waals surface area contributed by atoms with Gasteiger partial charge in [-0.1, -0.05) is 54.6 Å². The fourth-order valence-electron chi connectivity index (χ4n) is 4.06. The predicted octanol–water partition coefficient (Wildman–Crippen LogP) is 6.15. The molecule has 0 amide bonds. The lowest BCUT2D eigenvalue weighted by Gasteiger charge is -2.17. The molecule has 0 aliphatic carbocycles. The third-order valence-electron chi connectivity index (χ3n) is 5.62. The topological polar surface area (TPSA) is 86.6 Å². The van der Waals surface area contributed by atoms with Crippen molar-refractivity contribution in [3.8, 4) is 22.6 Å². The predicted molar refractivity (Wildman–Crippen MR) is 127 cm³/mol. The summed E-state index contributed by atoms with van der Waals surface area (Å²) in [5, 5.41) is 23.9. The molecule has 3 N–H and O–H groups in total. The molecule has 5 nitrogen and oxygen atoms in total. The molecular weight excluding hydrogens is 460 g/mol. The zero-order valence-electron chi connectivity index (χ0n) is 17.5. The molecule has 0 aromatic heterocycles. The number of rotatable bonds is 4. The summed E-state index contributed by atoms with van der Waals surface area (Å²) >= 11 is 0. The van der Waals surface area contributed by atoms with Gasteiger partial charge in [-0.25, -0.2) is 17.2 Å². The lowest BCUT2D eigenvalue weighted by atomic mass is 9.93. The fourth-order valence-corrected chi connectivity index (χ4v) is 5.22. The van der Waals surface area contributed by atoms with E-state index in [1.165, 1.54) is 12.1 Å². The molecule has 0 bridgehead atoms. The van der Waals surface area contributed by atoms with E-state index in [9.17, 15) is 27.4 Å². The van der Waals surface area contributed by atoms with Crippen LogP contribution < -0.4 is 4.72 Å². The van der Waals surface area contributed by atoms with Crippen LogP contribution in [0.25, 0.3) is 32.7 Å². The van der Waals surface area contributed by atoms with E-state index < -0.39 is 26.6 Å². The lowest BCUT2D eigenvalue weighted by molar-refractivity contribution is 0.472. The van der Waals surface area contributed by atoms with Crippen LogP contribution in [-0.4, -0.2) is 18.6 Å². The van der Waals surface area contributed by atoms with E-state index >= 15 is 0 Å². The highest BCUT2D eigenvalue weighted by molar-refractivity contribution is 7.92. The number of sulfonamides is 1. The van der Waals surface area contributed by atoms with Crippen LogP contribution in [0.4, 0.5) is 14.5 Å². The third-order valence-corrected chi connectivity index (χ3v) is 7.00. The monoisotopic (exact) mass is 477 g/mol. The largest absolute Gasteiger partial charge is 0.507 e. The van der Waals surface area contributed by atoms with Gasteiger partial charge in [0.25, 0.3) is 10.0 Å². The zero-order chi connectivity index (χ0) is 24.0. The van der Waals surface area contributed by atoms with E-state index in [1.54, 1.807) is 42.5 Å². The van der Waals surface area contributed by atoms with Crippen LogP contribution in [-0.2, 0) is 10.0 Å². The Morgan fingerprint density at radius 2 is 1.41 bits per heavy atom. The molecule has 0 heterocycles. The van der Waals surface area contributed by atoms with Gasteiger partial charge in [-0.2, -0.15) is 0 Å². The van der Waals surface area contributed by atoms with Crippen LogP contribution in [0.2, 0.25) is 0 Å². The maximum atomic E-state index is 14.3. The summed E-state index contributed by atoms with van der Waals surface area (Å²) in [4.78, 5) is -0.848. The summed E-state index contributed by atoms with van der Waals surface area (Å²) in [5.74, 6) is -2.29. The van der Waals surface area contributed by atoms with Crippen molar-refractivity contribution in [2.45, 2.75) is 4.90 Å². The van der Waals surface area contributed by atoms with Crippen molar-refractivity contribution >= 4 is 37.3 Å². The van der Waals surface area contributed by atoms with Gasteiger partial charge in [0.05, 0.1) is 5.69 Å². The number of hydrogen-bond acceptors (Lipinski definition) is 4. The molecule has 8 heteroatoms. The fraction of sp³-hybridized carbons (Fsp3) is 0. The number of hydrogen-bond donors (Lipinski definition) is 3. The number of phenolic OH excluding ortho intramolecular Hbond substituents is 2. The molecule has 0 saturated carbocycles. The Balaban J connectivity index is 1.78. The first-order chi connectivity index (χ1) is 16.3. The minimum absolute atomic E-state index is 0.0272. The molecule has 170 valence electrons. The first kappa shape index (κ1) is 21.7. The minimum Gasteiger partial charge on any atom is -0.507 e. The molecule has 0 atom stereocenters. The Kier molecular flexibility index (Phi) is 5.10. The van der Waals surface area contributed by atoms with E-state index in [4.69, 9.17) is 0 Å². The Morgan fingerprint density at radius 1 is 0.735 bits per heavy atom. The quantitative estimate of drug-likeness (QED) is 0.271. The maximum absolute atomic E-state index is 14.3. The summed E-state index contributed by atoms with van der Waals surface area (Å²) < 4.78 is 56.3. The first-order valence-electron chi connectivity index (χ1n) is 10.2. The van der Waals surface area contributed by atoms with Gasteiger partial charge in [-0.15, -0.1) is 0 Å². The normalized spacial score (nSPS) is 11.7. The Hall–Kier alpha value is -4.17. The SMILES string of the molecule is O=S(=O)(Nc1cc(-c2c(O)ccc3ccccc23)c(O)c2ccccc12)c1cc(F)ccc1F. The zero-order valence-corrected chi connectivity index (χ0v) is 18.3. The molecule has 0 radical (unpaired) electrons. The standard InChI is InChI=1S/C26H17F2NO4S/c27-16-10-11-21(28)24(13-16)34(32,33)29-22-14-20(26(31)19-8-4-3-7-18(19)22)25-17-6-2-1-5-15(17)9-12-23(25)30/h1-14,29-31H. The molecule has 5 aromatic carbocycles. The molecule has 34 heavy (non-hydrogen) atoms. The molecule has 0 aliphatic heterocycles. The molecule has 0 fully saturated rings. The molecule has 5 rings (SSSR count). The number of nitrogens with one attached hydrogen (secondary N) is 1. The summed E-state index contributed by atoms with van der Waals surface area (Å²) in [5.41, 5.74) is 0.503. The first-order valence-corrected chi connectivity index (χ1v) is 11.7. The van der Waals surface area contributed by atoms with Crippen molar-refractivity contribution in [2.75, 3.05) is 4.72 Å². The van der Waals surface area contributed by atoms with Crippen molar-refractivity contribution in [3.63, 3.8) is 0 Å².